The molecule has 1 unspecified atom stereocenters. The number of methoxy groups -OCH3 is 1. The van der Waals surface area contributed by atoms with Crippen molar-refractivity contribution in [2.75, 3.05) is 7.11 Å². The average Bonchev–Trinajstić information content (AvgIpc) is 2.31. The quantitative estimate of drug-likeness (QED) is 0.731. The Morgan fingerprint density at radius 3 is 2.53 bits per heavy atom. The van der Waals surface area contributed by atoms with Crippen molar-refractivity contribution in [2.24, 2.45) is 0 Å². The Labute approximate surface area is 88.9 Å². The number of ether oxygens (including phenoxy) is 1. The summed E-state index contributed by atoms with van der Waals surface area (Å²) in [6.07, 6.45) is 4.80. The first-order valence-corrected chi connectivity index (χ1v) is 4.83. The number of ketones is 1. The molecule has 1 aromatic carbocycles. The van der Waals surface area contributed by atoms with Crippen molar-refractivity contribution in [3.8, 4) is 0 Å². The fraction of sp³-hybridized carbons (Fsp3) is 0.154. The van der Waals surface area contributed by atoms with Crippen molar-refractivity contribution >= 4 is 11.4 Å². The molecule has 2 rings (SSSR count). The van der Waals surface area contributed by atoms with Crippen LogP contribution in [-0.4, -0.2) is 19.0 Å². The Balaban J connectivity index is 2.32. The molecule has 0 fully saturated rings. The summed E-state index contributed by atoms with van der Waals surface area (Å²) in [5.74, 6) is -0.00261. The van der Waals surface area contributed by atoms with Crippen molar-refractivity contribution in [1.82, 2.24) is 0 Å². The molecule has 0 N–H and O–H groups in total. The van der Waals surface area contributed by atoms with Gasteiger partial charge in [-0.25, -0.2) is 0 Å². The van der Waals surface area contributed by atoms with Gasteiger partial charge in [0.05, 0.1) is 0 Å². The monoisotopic (exact) mass is 200 g/mol. The van der Waals surface area contributed by atoms with Crippen LogP contribution in [0.2, 0.25) is 0 Å². The first kappa shape index (κ1) is 9.87. The van der Waals surface area contributed by atoms with Gasteiger partial charge in [0.15, 0.2) is 5.78 Å². The topological polar surface area (TPSA) is 26.3 Å². The second-order valence-electron chi connectivity index (χ2n) is 3.38. The van der Waals surface area contributed by atoms with Crippen LogP contribution in [0.15, 0.2) is 48.6 Å². The van der Waals surface area contributed by atoms with Crippen LogP contribution in [0.25, 0.3) is 5.57 Å². The van der Waals surface area contributed by atoms with E-state index in [1.165, 1.54) is 0 Å². The molecule has 0 bridgehead atoms. The molecule has 0 radical (unpaired) electrons. The largest absolute Gasteiger partial charge is 0.369 e. The SMILES string of the molecule is COC1C=C(c2ccccc2)C=CC1=O. The van der Waals surface area contributed by atoms with E-state index in [0.29, 0.717) is 0 Å². The first-order valence-electron chi connectivity index (χ1n) is 4.83. The highest BCUT2D eigenvalue weighted by Crippen LogP contribution is 2.20. The highest BCUT2D eigenvalue weighted by Gasteiger charge is 2.17. The number of carbonyl (C=O) groups excluding carboxylic acids is 1. The summed E-state index contributed by atoms with van der Waals surface area (Å²) >= 11 is 0. The Morgan fingerprint density at radius 2 is 1.87 bits per heavy atom. The zero-order valence-electron chi connectivity index (χ0n) is 8.51. The predicted molar refractivity (Wildman–Crippen MR) is 59.4 cm³/mol. The molecule has 2 nitrogen and oxygen atoms in total. The zero-order valence-corrected chi connectivity index (χ0v) is 8.51. The summed E-state index contributed by atoms with van der Waals surface area (Å²) in [5, 5.41) is 0. The van der Waals surface area contributed by atoms with E-state index >= 15 is 0 Å². The summed E-state index contributed by atoms with van der Waals surface area (Å²) in [6, 6.07) is 9.94. The molecule has 15 heavy (non-hydrogen) atoms. The van der Waals surface area contributed by atoms with E-state index in [2.05, 4.69) is 0 Å². The molecule has 1 aliphatic carbocycles. The molecule has 76 valence electrons. The van der Waals surface area contributed by atoms with Crippen molar-refractivity contribution in [3.05, 3.63) is 54.1 Å². The second kappa shape index (κ2) is 4.24. The third-order valence-corrected chi connectivity index (χ3v) is 2.40. The summed E-state index contributed by atoms with van der Waals surface area (Å²) in [7, 11) is 1.54. The van der Waals surface area contributed by atoms with Gasteiger partial charge in [0, 0.05) is 7.11 Å². The molecule has 1 aliphatic rings. The van der Waals surface area contributed by atoms with Crippen molar-refractivity contribution in [1.29, 1.82) is 0 Å². The van der Waals surface area contributed by atoms with Crippen LogP contribution in [0.4, 0.5) is 0 Å². The van der Waals surface area contributed by atoms with Gasteiger partial charge in [-0.2, -0.15) is 0 Å². The van der Waals surface area contributed by atoms with Crippen LogP contribution in [0.3, 0.4) is 0 Å². The summed E-state index contributed by atoms with van der Waals surface area (Å²) < 4.78 is 5.08. The standard InChI is InChI=1S/C13H12O2/c1-15-13-9-11(7-8-12(13)14)10-5-3-2-4-6-10/h2-9,13H,1H3. The van der Waals surface area contributed by atoms with Crippen LogP contribution in [0, 0.1) is 0 Å². The second-order valence-corrected chi connectivity index (χ2v) is 3.38. The van der Waals surface area contributed by atoms with Gasteiger partial charge in [0.25, 0.3) is 0 Å². The van der Waals surface area contributed by atoms with E-state index in [9.17, 15) is 4.79 Å². The molecule has 0 aliphatic heterocycles. The Kier molecular flexibility index (Phi) is 2.79. The first-order chi connectivity index (χ1) is 7.31. The van der Waals surface area contributed by atoms with Crippen LogP contribution >= 0.6 is 0 Å². The van der Waals surface area contributed by atoms with E-state index in [0.717, 1.165) is 11.1 Å². The molecule has 0 saturated carbocycles. The van der Waals surface area contributed by atoms with Gasteiger partial charge in [0.2, 0.25) is 0 Å². The lowest BCUT2D eigenvalue weighted by molar-refractivity contribution is -0.121. The molecule has 2 heteroatoms. The lowest BCUT2D eigenvalue weighted by atomic mass is 9.97. The van der Waals surface area contributed by atoms with Crippen LogP contribution in [0.1, 0.15) is 5.56 Å². The van der Waals surface area contributed by atoms with E-state index in [4.69, 9.17) is 4.74 Å². The minimum atomic E-state index is -0.440. The molecule has 0 saturated heterocycles. The van der Waals surface area contributed by atoms with E-state index in [1.807, 2.05) is 42.5 Å². The molecule has 0 amide bonds. The molecule has 1 atom stereocenters. The van der Waals surface area contributed by atoms with Gasteiger partial charge >= 0.3 is 0 Å². The van der Waals surface area contributed by atoms with Gasteiger partial charge in [0.1, 0.15) is 6.10 Å². The maximum atomic E-state index is 11.3. The highest BCUT2D eigenvalue weighted by molar-refractivity contribution is 6.01. The fourth-order valence-electron chi connectivity index (χ4n) is 1.57. The zero-order chi connectivity index (χ0) is 10.7. The fourth-order valence-corrected chi connectivity index (χ4v) is 1.57. The predicted octanol–water partition coefficient (Wildman–Crippen LogP) is 2.22. The van der Waals surface area contributed by atoms with Gasteiger partial charge in [-0.15, -0.1) is 0 Å². The van der Waals surface area contributed by atoms with Crippen LogP contribution in [-0.2, 0) is 9.53 Å². The molecular formula is C13H12O2. The lowest BCUT2D eigenvalue weighted by Crippen LogP contribution is -2.20. The Morgan fingerprint density at radius 1 is 1.13 bits per heavy atom. The Bertz CT molecular complexity index is 415. The molecular weight excluding hydrogens is 188 g/mol. The average molecular weight is 200 g/mol. The number of carbonyl (C=O) groups is 1. The van der Waals surface area contributed by atoms with E-state index in [-0.39, 0.29) is 5.78 Å². The minimum absolute atomic E-state index is 0.00261. The smallest absolute Gasteiger partial charge is 0.188 e. The number of allylic oxidation sites excluding steroid dienone is 2. The minimum Gasteiger partial charge on any atom is -0.369 e. The van der Waals surface area contributed by atoms with Crippen molar-refractivity contribution in [2.45, 2.75) is 6.10 Å². The van der Waals surface area contributed by atoms with Gasteiger partial charge in [-0.1, -0.05) is 36.4 Å². The van der Waals surface area contributed by atoms with Crippen molar-refractivity contribution < 1.29 is 9.53 Å². The van der Waals surface area contributed by atoms with Gasteiger partial charge < -0.3 is 4.74 Å². The van der Waals surface area contributed by atoms with E-state index in [1.54, 1.807) is 13.2 Å². The summed E-state index contributed by atoms with van der Waals surface area (Å²) in [5.41, 5.74) is 2.13. The van der Waals surface area contributed by atoms with Crippen LogP contribution in [0.5, 0.6) is 0 Å². The Hall–Kier alpha value is -1.67. The highest BCUT2D eigenvalue weighted by atomic mass is 16.5. The van der Waals surface area contributed by atoms with Gasteiger partial charge in [-0.3, -0.25) is 4.79 Å². The van der Waals surface area contributed by atoms with Crippen molar-refractivity contribution in [3.63, 3.8) is 0 Å². The molecule has 0 heterocycles. The number of benzene rings is 1. The maximum absolute atomic E-state index is 11.3. The summed E-state index contributed by atoms with van der Waals surface area (Å²) in [6.45, 7) is 0. The molecule has 0 spiro atoms. The number of rotatable bonds is 2. The third-order valence-electron chi connectivity index (χ3n) is 2.40. The number of hydrogen-bond acceptors (Lipinski definition) is 2. The number of hydrogen-bond donors (Lipinski definition) is 0. The third kappa shape index (κ3) is 2.05. The molecule has 0 aromatic heterocycles. The normalized spacial score (nSPS) is 20.2. The van der Waals surface area contributed by atoms with Crippen LogP contribution < -0.4 is 0 Å². The molecule has 1 aromatic rings. The lowest BCUT2D eigenvalue weighted by Gasteiger charge is -2.14. The maximum Gasteiger partial charge on any atom is 0.188 e. The van der Waals surface area contributed by atoms with Gasteiger partial charge in [-0.05, 0) is 23.3 Å². The van der Waals surface area contributed by atoms with E-state index < -0.39 is 6.10 Å². The summed E-state index contributed by atoms with van der Waals surface area (Å²) in [4.78, 5) is 11.3.